The van der Waals surface area contributed by atoms with E-state index in [1.807, 2.05) is 30.3 Å². The zero-order valence-electron chi connectivity index (χ0n) is 11.7. The lowest BCUT2D eigenvalue weighted by molar-refractivity contribution is 0.0929. The molecule has 0 aliphatic carbocycles. The molecule has 2 aromatic rings. The summed E-state index contributed by atoms with van der Waals surface area (Å²) in [6.45, 7) is 1.93. The second-order valence-electron chi connectivity index (χ2n) is 5.01. The van der Waals surface area contributed by atoms with Crippen molar-refractivity contribution in [3.63, 3.8) is 0 Å². The fraction of sp³-hybridized carbons (Fsp3) is 0.333. The molecule has 5 nitrogen and oxygen atoms in total. The number of halogens is 1. The van der Waals surface area contributed by atoms with Crippen LogP contribution in [0.3, 0.4) is 0 Å². The standard InChI is InChI=1S/C15H18N4O.ClH/c20-15(18-13-6-8-16-9-7-13)12-10-17-19(11-12)14-4-2-1-3-5-14;/h1-5,10-11,13,16H,6-9H2,(H,18,20);1H. The molecule has 0 saturated carbocycles. The molecule has 21 heavy (non-hydrogen) atoms. The molecule has 6 heteroatoms. The smallest absolute Gasteiger partial charge is 0.254 e. The zero-order valence-corrected chi connectivity index (χ0v) is 12.5. The van der Waals surface area contributed by atoms with E-state index in [1.54, 1.807) is 17.1 Å². The summed E-state index contributed by atoms with van der Waals surface area (Å²) >= 11 is 0. The average molecular weight is 307 g/mol. The molecular weight excluding hydrogens is 288 g/mol. The van der Waals surface area contributed by atoms with E-state index in [0.29, 0.717) is 5.56 Å². The van der Waals surface area contributed by atoms with Crippen LogP contribution >= 0.6 is 12.4 Å². The Labute approximate surface area is 130 Å². The van der Waals surface area contributed by atoms with Gasteiger partial charge < -0.3 is 10.6 Å². The van der Waals surface area contributed by atoms with Crippen molar-refractivity contribution in [1.82, 2.24) is 20.4 Å². The lowest BCUT2D eigenvalue weighted by Crippen LogP contribution is -2.42. The van der Waals surface area contributed by atoms with Gasteiger partial charge in [0, 0.05) is 12.2 Å². The van der Waals surface area contributed by atoms with Crippen molar-refractivity contribution in [2.24, 2.45) is 0 Å². The maximum absolute atomic E-state index is 12.2. The van der Waals surface area contributed by atoms with Gasteiger partial charge in [0.05, 0.1) is 17.4 Å². The van der Waals surface area contributed by atoms with Gasteiger partial charge in [0.25, 0.3) is 5.91 Å². The van der Waals surface area contributed by atoms with Crippen LogP contribution in [0.25, 0.3) is 5.69 Å². The summed E-state index contributed by atoms with van der Waals surface area (Å²) in [5.41, 5.74) is 1.56. The van der Waals surface area contributed by atoms with Gasteiger partial charge in [0.2, 0.25) is 0 Å². The Kier molecular flexibility index (Phi) is 5.36. The Morgan fingerprint density at radius 3 is 2.67 bits per heavy atom. The number of carbonyl (C=O) groups is 1. The van der Waals surface area contributed by atoms with Gasteiger partial charge >= 0.3 is 0 Å². The highest BCUT2D eigenvalue weighted by Crippen LogP contribution is 2.09. The quantitative estimate of drug-likeness (QED) is 0.909. The van der Waals surface area contributed by atoms with E-state index in [4.69, 9.17) is 0 Å². The van der Waals surface area contributed by atoms with E-state index >= 15 is 0 Å². The van der Waals surface area contributed by atoms with Crippen molar-refractivity contribution >= 4 is 18.3 Å². The van der Waals surface area contributed by atoms with Crippen LogP contribution in [0, 0.1) is 0 Å². The first-order chi connectivity index (χ1) is 9.83. The lowest BCUT2D eigenvalue weighted by Gasteiger charge is -2.23. The number of piperidine rings is 1. The van der Waals surface area contributed by atoms with E-state index in [-0.39, 0.29) is 24.4 Å². The van der Waals surface area contributed by atoms with Crippen LogP contribution < -0.4 is 10.6 Å². The number of aromatic nitrogens is 2. The van der Waals surface area contributed by atoms with E-state index in [2.05, 4.69) is 15.7 Å². The van der Waals surface area contributed by atoms with Crippen molar-refractivity contribution in [2.45, 2.75) is 18.9 Å². The van der Waals surface area contributed by atoms with Crippen LogP contribution in [0.2, 0.25) is 0 Å². The second kappa shape index (κ2) is 7.24. The SMILES string of the molecule is Cl.O=C(NC1CCNCC1)c1cnn(-c2ccccc2)c1. The Morgan fingerprint density at radius 2 is 1.95 bits per heavy atom. The molecule has 1 aromatic carbocycles. The number of amides is 1. The van der Waals surface area contributed by atoms with Gasteiger partial charge in [0.1, 0.15) is 0 Å². The molecule has 0 radical (unpaired) electrons. The first kappa shape index (κ1) is 15.5. The molecule has 0 unspecified atom stereocenters. The van der Waals surface area contributed by atoms with Gasteiger partial charge in [-0.25, -0.2) is 4.68 Å². The fourth-order valence-corrected chi connectivity index (χ4v) is 2.40. The van der Waals surface area contributed by atoms with Crippen molar-refractivity contribution in [1.29, 1.82) is 0 Å². The fourth-order valence-electron chi connectivity index (χ4n) is 2.40. The van der Waals surface area contributed by atoms with Gasteiger partial charge in [-0.05, 0) is 38.1 Å². The maximum atomic E-state index is 12.2. The van der Waals surface area contributed by atoms with Crippen molar-refractivity contribution in [2.75, 3.05) is 13.1 Å². The first-order valence-corrected chi connectivity index (χ1v) is 6.94. The molecule has 0 bridgehead atoms. The molecule has 1 aromatic heterocycles. The van der Waals surface area contributed by atoms with Gasteiger partial charge in [-0.1, -0.05) is 18.2 Å². The topological polar surface area (TPSA) is 59.0 Å². The summed E-state index contributed by atoms with van der Waals surface area (Å²) < 4.78 is 1.72. The van der Waals surface area contributed by atoms with E-state index in [1.165, 1.54) is 0 Å². The van der Waals surface area contributed by atoms with E-state index < -0.39 is 0 Å². The van der Waals surface area contributed by atoms with Crippen LogP contribution in [0.5, 0.6) is 0 Å². The molecule has 0 spiro atoms. The number of para-hydroxylation sites is 1. The minimum atomic E-state index is -0.0425. The summed E-state index contributed by atoms with van der Waals surface area (Å²) in [4.78, 5) is 12.2. The predicted molar refractivity (Wildman–Crippen MR) is 84.2 cm³/mol. The monoisotopic (exact) mass is 306 g/mol. The van der Waals surface area contributed by atoms with Gasteiger partial charge in [0.15, 0.2) is 0 Å². The third-order valence-corrected chi connectivity index (χ3v) is 3.54. The summed E-state index contributed by atoms with van der Waals surface area (Å²) in [5.74, 6) is -0.0425. The van der Waals surface area contributed by atoms with Crippen molar-refractivity contribution in [3.05, 3.63) is 48.3 Å². The molecule has 2 heterocycles. The highest BCUT2D eigenvalue weighted by Gasteiger charge is 2.17. The minimum absolute atomic E-state index is 0. The van der Waals surface area contributed by atoms with Gasteiger partial charge in [-0.2, -0.15) is 5.10 Å². The number of hydrogen-bond donors (Lipinski definition) is 2. The highest BCUT2D eigenvalue weighted by molar-refractivity contribution is 5.94. The molecule has 3 rings (SSSR count). The molecule has 1 fully saturated rings. The number of nitrogens with zero attached hydrogens (tertiary/aromatic N) is 2. The highest BCUT2D eigenvalue weighted by atomic mass is 35.5. The minimum Gasteiger partial charge on any atom is -0.349 e. The molecule has 0 atom stereocenters. The predicted octanol–water partition coefficient (Wildman–Crippen LogP) is 1.78. The molecule has 112 valence electrons. The van der Waals surface area contributed by atoms with Gasteiger partial charge in [-0.15, -0.1) is 12.4 Å². The second-order valence-corrected chi connectivity index (χ2v) is 5.01. The summed E-state index contributed by atoms with van der Waals surface area (Å²) in [6.07, 6.45) is 5.35. The normalized spacial score (nSPS) is 15.2. The Balaban J connectivity index is 0.00000161. The lowest BCUT2D eigenvalue weighted by atomic mass is 10.1. The van der Waals surface area contributed by atoms with Crippen LogP contribution in [-0.2, 0) is 0 Å². The number of benzene rings is 1. The number of nitrogens with one attached hydrogen (secondary N) is 2. The average Bonchev–Trinajstić information content (AvgIpc) is 2.99. The van der Waals surface area contributed by atoms with Crippen molar-refractivity contribution in [3.8, 4) is 5.69 Å². The molecule has 2 N–H and O–H groups in total. The third-order valence-electron chi connectivity index (χ3n) is 3.54. The Morgan fingerprint density at radius 1 is 1.24 bits per heavy atom. The van der Waals surface area contributed by atoms with E-state index in [9.17, 15) is 4.79 Å². The number of hydrogen-bond acceptors (Lipinski definition) is 3. The maximum Gasteiger partial charge on any atom is 0.254 e. The van der Waals surface area contributed by atoms with Gasteiger partial charge in [-0.3, -0.25) is 4.79 Å². The zero-order chi connectivity index (χ0) is 13.8. The Hall–Kier alpha value is -1.85. The largest absolute Gasteiger partial charge is 0.349 e. The summed E-state index contributed by atoms with van der Waals surface area (Å²) in [5, 5.41) is 10.6. The van der Waals surface area contributed by atoms with E-state index in [0.717, 1.165) is 31.6 Å². The van der Waals surface area contributed by atoms with Crippen LogP contribution in [-0.4, -0.2) is 34.8 Å². The number of rotatable bonds is 3. The number of carbonyl (C=O) groups excluding carboxylic acids is 1. The van der Waals surface area contributed by atoms with Crippen LogP contribution in [0.4, 0.5) is 0 Å². The molecule has 1 aliphatic heterocycles. The first-order valence-electron chi connectivity index (χ1n) is 6.94. The molecule has 1 amide bonds. The molecular formula is C15H19ClN4O. The summed E-state index contributed by atoms with van der Waals surface area (Å²) in [7, 11) is 0. The van der Waals surface area contributed by atoms with Crippen LogP contribution in [0.1, 0.15) is 23.2 Å². The Bertz CT molecular complexity index is 578. The van der Waals surface area contributed by atoms with Crippen LogP contribution in [0.15, 0.2) is 42.7 Å². The van der Waals surface area contributed by atoms with Crippen molar-refractivity contribution < 1.29 is 4.79 Å². The molecule has 1 saturated heterocycles. The molecule has 1 aliphatic rings. The summed E-state index contributed by atoms with van der Waals surface area (Å²) in [6, 6.07) is 10.0. The third kappa shape index (κ3) is 3.83.